The van der Waals surface area contributed by atoms with Gasteiger partial charge in [0.1, 0.15) is 0 Å². The molecule has 1 heteroatoms. The SMILES string of the molecule is CC1=C(C)C(CCl)CCC1. The molecule has 0 aromatic carbocycles. The van der Waals surface area contributed by atoms with E-state index in [9.17, 15) is 0 Å². The van der Waals surface area contributed by atoms with E-state index >= 15 is 0 Å². The van der Waals surface area contributed by atoms with Crippen LogP contribution < -0.4 is 0 Å². The molecule has 1 atom stereocenters. The van der Waals surface area contributed by atoms with Crippen LogP contribution in [0, 0.1) is 5.92 Å². The van der Waals surface area contributed by atoms with Crippen molar-refractivity contribution in [3.63, 3.8) is 0 Å². The van der Waals surface area contributed by atoms with Gasteiger partial charge >= 0.3 is 0 Å². The summed E-state index contributed by atoms with van der Waals surface area (Å²) >= 11 is 5.81. The Morgan fingerprint density at radius 3 is 2.70 bits per heavy atom. The van der Waals surface area contributed by atoms with E-state index in [1.165, 1.54) is 19.3 Å². The van der Waals surface area contributed by atoms with Crippen molar-refractivity contribution in [2.75, 3.05) is 5.88 Å². The maximum absolute atomic E-state index is 5.81. The zero-order valence-corrected chi connectivity index (χ0v) is 7.54. The maximum atomic E-state index is 5.81. The lowest BCUT2D eigenvalue weighted by Crippen LogP contribution is -2.10. The average molecular weight is 159 g/mol. The first kappa shape index (κ1) is 8.13. The summed E-state index contributed by atoms with van der Waals surface area (Å²) in [6.07, 6.45) is 3.92. The van der Waals surface area contributed by atoms with Crippen molar-refractivity contribution >= 4 is 11.6 Å². The monoisotopic (exact) mass is 158 g/mol. The molecular weight excluding hydrogens is 144 g/mol. The molecule has 0 fully saturated rings. The third-order valence-electron chi connectivity index (χ3n) is 2.58. The molecule has 0 aromatic rings. The molecule has 0 N–H and O–H groups in total. The van der Waals surface area contributed by atoms with Gasteiger partial charge in [0.05, 0.1) is 0 Å². The van der Waals surface area contributed by atoms with E-state index in [1.54, 1.807) is 11.1 Å². The van der Waals surface area contributed by atoms with E-state index in [2.05, 4.69) is 13.8 Å². The first-order valence-corrected chi connectivity index (χ1v) is 4.51. The fourth-order valence-corrected chi connectivity index (χ4v) is 1.95. The Balaban J connectivity index is 2.68. The van der Waals surface area contributed by atoms with Gasteiger partial charge in [-0.25, -0.2) is 0 Å². The van der Waals surface area contributed by atoms with E-state index in [1.807, 2.05) is 0 Å². The van der Waals surface area contributed by atoms with Crippen LogP contribution in [0.1, 0.15) is 33.1 Å². The highest BCUT2D eigenvalue weighted by Crippen LogP contribution is 2.29. The molecule has 1 unspecified atom stereocenters. The van der Waals surface area contributed by atoms with Gasteiger partial charge in [-0.1, -0.05) is 11.1 Å². The lowest BCUT2D eigenvalue weighted by atomic mass is 9.85. The van der Waals surface area contributed by atoms with Gasteiger partial charge in [0.15, 0.2) is 0 Å². The Hall–Kier alpha value is 0.0300. The van der Waals surface area contributed by atoms with Gasteiger partial charge in [-0.05, 0) is 39.0 Å². The smallest absolute Gasteiger partial charge is 0.0289 e. The number of hydrogen-bond acceptors (Lipinski definition) is 0. The minimum atomic E-state index is 0.676. The van der Waals surface area contributed by atoms with Crippen LogP contribution in [0.5, 0.6) is 0 Å². The lowest BCUT2D eigenvalue weighted by Gasteiger charge is -2.22. The van der Waals surface area contributed by atoms with E-state index < -0.39 is 0 Å². The van der Waals surface area contributed by atoms with Crippen LogP contribution in [-0.4, -0.2) is 5.88 Å². The highest BCUT2D eigenvalue weighted by Gasteiger charge is 2.15. The van der Waals surface area contributed by atoms with E-state index in [4.69, 9.17) is 11.6 Å². The van der Waals surface area contributed by atoms with Crippen LogP contribution in [0.25, 0.3) is 0 Å². The predicted molar refractivity (Wildman–Crippen MR) is 46.4 cm³/mol. The van der Waals surface area contributed by atoms with Crippen molar-refractivity contribution in [2.45, 2.75) is 33.1 Å². The first-order chi connectivity index (χ1) is 4.75. The van der Waals surface area contributed by atoms with Crippen molar-refractivity contribution in [1.82, 2.24) is 0 Å². The van der Waals surface area contributed by atoms with Crippen molar-refractivity contribution in [3.8, 4) is 0 Å². The molecule has 0 nitrogen and oxygen atoms in total. The van der Waals surface area contributed by atoms with Crippen molar-refractivity contribution in [3.05, 3.63) is 11.1 Å². The van der Waals surface area contributed by atoms with Crippen LogP contribution in [0.3, 0.4) is 0 Å². The summed E-state index contributed by atoms with van der Waals surface area (Å²) in [6.45, 7) is 4.45. The van der Waals surface area contributed by atoms with Gasteiger partial charge in [0.25, 0.3) is 0 Å². The maximum Gasteiger partial charge on any atom is 0.0289 e. The van der Waals surface area contributed by atoms with Crippen LogP contribution in [0.4, 0.5) is 0 Å². The molecule has 0 radical (unpaired) electrons. The first-order valence-electron chi connectivity index (χ1n) is 3.98. The molecule has 0 amide bonds. The van der Waals surface area contributed by atoms with E-state index in [0.29, 0.717) is 5.92 Å². The summed E-state index contributed by atoms with van der Waals surface area (Å²) in [4.78, 5) is 0. The fraction of sp³-hybridized carbons (Fsp3) is 0.778. The molecule has 0 spiro atoms. The molecule has 1 rings (SSSR count). The summed E-state index contributed by atoms with van der Waals surface area (Å²) in [7, 11) is 0. The zero-order valence-electron chi connectivity index (χ0n) is 6.78. The molecule has 10 heavy (non-hydrogen) atoms. The van der Waals surface area contributed by atoms with E-state index in [0.717, 1.165) is 5.88 Å². The molecule has 0 saturated carbocycles. The number of hydrogen-bond donors (Lipinski definition) is 0. The fourth-order valence-electron chi connectivity index (χ4n) is 1.57. The van der Waals surface area contributed by atoms with Gasteiger partial charge in [-0.15, -0.1) is 11.6 Å². The second-order valence-corrected chi connectivity index (χ2v) is 3.52. The Morgan fingerprint density at radius 2 is 2.20 bits per heavy atom. The van der Waals surface area contributed by atoms with Crippen LogP contribution in [0.15, 0.2) is 11.1 Å². The molecule has 1 aliphatic carbocycles. The van der Waals surface area contributed by atoms with Crippen LogP contribution in [-0.2, 0) is 0 Å². The third kappa shape index (κ3) is 1.54. The summed E-state index contributed by atoms with van der Waals surface area (Å²) in [5.74, 6) is 1.49. The average Bonchev–Trinajstić information content (AvgIpc) is 1.95. The van der Waals surface area contributed by atoms with Crippen molar-refractivity contribution in [2.24, 2.45) is 5.92 Å². The molecule has 0 bridgehead atoms. The lowest BCUT2D eigenvalue weighted by molar-refractivity contribution is 0.540. The molecule has 0 heterocycles. The van der Waals surface area contributed by atoms with Gasteiger partial charge in [-0.2, -0.15) is 0 Å². The summed E-state index contributed by atoms with van der Waals surface area (Å²) in [5.41, 5.74) is 3.11. The molecule has 58 valence electrons. The Bertz CT molecular complexity index is 147. The summed E-state index contributed by atoms with van der Waals surface area (Å²) in [5, 5.41) is 0. The molecule has 0 saturated heterocycles. The minimum absolute atomic E-state index is 0.676. The molecule has 1 aliphatic rings. The van der Waals surface area contributed by atoms with Gasteiger partial charge in [0, 0.05) is 5.88 Å². The van der Waals surface area contributed by atoms with Gasteiger partial charge < -0.3 is 0 Å². The third-order valence-corrected chi connectivity index (χ3v) is 2.95. The quantitative estimate of drug-likeness (QED) is 0.406. The molecule has 0 aromatic heterocycles. The largest absolute Gasteiger partial charge is 0.126 e. The summed E-state index contributed by atoms with van der Waals surface area (Å²) < 4.78 is 0. The minimum Gasteiger partial charge on any atom is -0.126 e. The normalized spacial score (nSPS) is 27.3. The molecular formula is C9H15Cl. The Morgan fingerprint density at radius 1 is 1.50 bits per heavy atom. The number of allylic oxidation sites excluding steroid dienone is 2. The van der Waals surface area contributed by atoms with Crippen molar-refractivity contribution in [1.29, 1.82) is 0 Å². The second kappa shape index (κ2) is 3.43. The van der Waals surface area contributed by atoms with Crippen LogP contribution in [0.2, 0.25) is 0 Å². The zero-order chi connectivity index (χ0) is 7.56. The van der Waals surface area contributed by atoms with Crippen LogP contribution >= 0.6 is 11.6 Å². The summed E-state index contributed by atoms with van der Waals surface area (Å²) in [6, 6.07) is 0. The highest BCUT2D eigenvalue weighted by atomic mass is 35.5. The van der Waals surface area contributed by atoms with E-state index in [-0.39, 0.29) is 0 Å². The Kier molecular flexibility index (Phi) is 2.79. The molecule has 0 aliphatic heterocycles. The topological polar surface area (TPSA) is 0 Å². The number of halogens is 1. The number of alkyl halides is 1. The van der Waals surface area contributed by atoms with Gasteiger partial charge in [-0.3, -0.25) is 0 Å². The Labute approximate surface area is 68.3 Å². The highest BCUT2D eigenvalue weighted by molar-refractivity contribution is 6.18. The second-order valence-electron chi connectivity index (χ2n) is 3.21. The van der Waals surface area contributed by atoms with Gasteiger partial charge in [0.2, 0.25) is 0 Å². The van der Waals surface area contributed by atoms with Crippen molar-refractivity contribution < 1.29 is 0 Å². The standard InChI is InChI=1S/C9H15Cl/c1-7-4-3-5-9(6-10)8(7)2/h9H,3-6H2,1-2H3. The predicted octanol–water partition coefficient (Wildman–Crippen LogP) is 3.36. The number of rotatable bonds is 1.